The Hall–Kier alpha value is -2.15. The molecule has 1 aliphatic heterocycles. The largest absolute Gasteiger partial charge is 0.367 e. The van der Waals surface area contributed by atoms with Gasteiger partial charge in [0, 0.05) is 51.7 Å². The summed E-state index contributed by atoms with van der Waals surface area (Å²) in [5.41, 5.74) is -0.307. The van der Waals surface area contributed by atoms with Gasteiger partial charge >= 0.3 is 0 Å². The highest BCUT2D eigenvalue weighted by molar-refractivity contribution is 5.95. The molecule has 7 nitrogen and oxygen atoms in total. The molecule has 0 radical (unpaired) electrons. The molecule has 1 aromatic rings. The second kappa shape index (κ2) is 6.33. The highest BCUT2D eigenvalue weighted by Gasteiger charge is 2.21. The van der Waals surface area contributed by atoms with Crippen molar-refractivity contribution in [2.45, 2.75) is 0 Å². The summed E-state index contributed by atoms with van der Waals surface area (Å²) in [5.74, 6) is -0.551. The third-order valence-electron chi connectivity index (χ3n) is 3.24. The van der Waals surface area contributed by atoms with E-state index in [-0.39, 0.29) is 23.4 Å². The van der Waals surface area contributed by atoms with Gasteiger partial charge in [0.25, 0.3) is 5.91 Å². The monoisotopic (exact) mass is 278 g/mol. The number of rotatable bonds is 3. The van der Waals surface area contributed by atoms with Crippen molar-refractivity contribution in [3.63, 3.8) is 0 Å². The third-order valence-corrected chi connectivity index (χ3v) is 3.24. The van der Waals surface area contributed by atoms with E-state index >= 15 is 0 Å². The molecule has 1 aromatic heterocycles. The van der Waals surface area contributed by atoms with Crippen LogP contribution in [0.15, 0.2) is 23.3 Å². The Labute approximate surface area is 116 Å². The Balaban J connectivity index is 1.99. The summed E-state index contributed by atoms with van der Waals surface area (Å²) < 4.78 is 0. The van der Waals surface area contributed by atoms with Crippen molar-refractivity contribution in [2.24, 2.45) is 0 Å². The van der Waals surface area contributed by atoms with Gasteiger partial charge < -0.3 is 20.1 Å². The molecule has 1 saturated heterocycles. The number of H-pyrrole nitrogens is 1. The molecule has 20 heavy (non-hydrogen) atoms. The molecule has 1 aliphatic rings. The zero-order valence-electron chi connectivity index (χ0n) is 11.4. The van der Waals surface area contributed by atoms with Crippen LogP contribution in [-0.2, 0) is 4.79 Å². The number of amides is 2. The number of pyridine rings is 1. The summed E-state index contributed by atoms with van der Waals surface area (Å²) >= 11 is 0. The molecule has 0 aromatic carbocycles. The van der Waals surface area contributed by atoms with E-state index in [1.165, 1.54) is 30.4 Å². The van der Waals surface area contributed by atoms with Gasteiger partial charge in [-0.2, -0.15) is 0 Å². The predicted molar refractivity (Wildman–Crippen MR) is 73.5 cm³/mol. The number of carbonyl (C=O) groups is 2. The topological polar surface area (TPSA) is 85.5 Å². The number of carbonyl (C=O) groups excluding carboxylic acids is 2. The minimum atomic E-state index is -0.449. The van der Waals surface area contributed by atoms with Gasteiger partial charge in [-0.15, -0.1) is 0 Å². The number of aromatic amines is 1. The standard InChI is InChI=1S/C13H18N4O3/c1-16(9-12(19)17-6-4-14-5-7-17)13(20)10-8-15-3-2-11(10)18/h2-3,8,14H,4-7,9H2,1H3,(H,15,18). The van der Waals surface area contributed by atoms with E-state index in [4.69, 9.17) is 0 Å². The Morgan fingerprint density at radius 2 is 2.05 bits per heavy atom. The van der Waals surface area contributed by atoms with Crippen LogP contribution in [0.25, 0.3) is 0 Å². The number of aromatic nitrogens is 1. The lowest BCUT2D eigenvalue weighted by atomic mass is 10.2. The Morgan fingerprint density at radius 1 is 1.35 bits per heavy atom. The average molecular weight is 278 g/mol. The first-order valence-electron chi connectivity index (χ1n) is 6.50. The number of hydrogen-bond donors (Lipinski definition) is 2. The maximum Gasteiger partial charge on any atom is 0.259 e. The smallest absolute Gasteiger partial charge is 0.259 e. The fourth-order valence-electron chi connectivity index (χ4n) is 2.08. The highest BCUT2D eigenvalue weighted by atomic mass is 16.2. The van der Waals surface area contributed by atoms with Crippen molar-refractivity contribution in [2.75, 3.05) is 39.8 Å². The zero-order valence-corrected chi connectivity index (χ0v) is 11.4. The van der Waals surface area contributed by atoms with Crippen molar-refractivity contribution in [1.82, 2.24) is 20.1 Å². The van der Waals surface area contributed by atoms with Crippen LogP contribution in [0.1, 0.15) is 10.4 Å². The van der Waals surface area contributed by atoms with Crippen LogP contribution in [0, 0.1) is 0 Å². The average Bonchev–Trinajstić information content (AvgIpc) is 2.48. The van der Waals surface area contributed by atoms with Gasteiger partial charge in [0.05, 0.1) is 6.54 Å². The molecule has 0 bridgehead atoms. The number of hydrogen-bond acceptors (Lipinski definition) is 4. The molecule has 2 N–H and O–H groups in total. The molecular formula is C13H18N4O3. The van der Waals surface area contributed by atoms with E-state index in [9.17, 15) is 14.4 Å². The molecular weight excluding hydrogens is 260 g/mol. The van der Waals surface area contributed by atoms with Crippen molar-refractivity contribution < 1.29 is 9.59 Å². The van der Waals surface area contributed by atoms with Crippen LogP contribution in [0.5, 0.6) is 0 Å². The van der Waals surface area contributed by atoms with E-state index in [2.05, 4.69) is 10.3 Å². The van der Waals surface area contributed by atoms with Crippen molar-refractivity contribution in [3.8, 4) is 0 Å². The Kier molecular flexibility index (Phi) is 4.52. The van der Waals surface area contributed by atoms with Gasteiger partial charge in [-0.1, -0.05) is 0 Å². The molecule has 0 atom stereocenters. The second-order valence-corrected chi connectivity index (χ2v) is 4.71. The van der Waals surface area contributed by atoms with Crippen LogP contribution < -0.4 is 10.7 Å². The van der Waals surface area contributed by atoms with E-state index in [1.807, 2.05) is 0 Å². The SMILES string of the molecule is CN(CC(=O)N1CCNCC1)C(=O)c1c[nH]ccc1=O. The lowest BCUT2D eigenvalue weighted by Crippen LogP contribution is -2.50. The zero-order chi connectivity index (χ0) is 14.5. The van der Waals surface area contributed by atoms with Crippen molar-refractivity contribution in [1.29, 1.82) is 0 Å². The molecule has 0 unspecified atom stereocenters. The lowest BCUT2D eigenvalue weighted by molar-refractivity contribution is -0.132. The number of nitrogens with one attached hydrogen (secondary N) is 2. The van der Waals surface area contributed by atoms with Crippen LogP contribution >= 0.6 is 0 Å². The molecule has 0 saturated carbocycles. The number of nitrogens with zero attached hydrogens (tertiary/aromatic N) is 2. The number of likely N-dealkylation sites (N-methyl/N-ethyl adjacent to an activating group) is 1. The van der Waals surface area contributed by atoms with E-state index < -0.39 is 5.91 Å². The van der Waals surface area contributed by atoms with Crippen LogP contribution in [0.3, 0.4) is 0 Å². The Bertz CT molecular complexity index is 549. The third kappa shape index (κ3) is 3.24. The van der Waals surface area contributed by atoms with Crippen LogP contribution in [0.4, 0.5) is 0 Å². The maximum atomic E-state index is 12.1. The quantitative estimate of drug-likeness (QED) is 0.733. The van der Waals surface area contributed by atoms with Gasteiger partial charge in [0.2, 0.25) is 5.91 Å². The van der Waals surface area contributed by atoms with Gasteiger partial charge in [0.1, 0.15) is 5.56 Å². The molecule has 2 amide bonds. The highest BCUT2D eigenvalue weighted by Crippen LogP contribution is 1.99. The molecule has 2 heterocycles. The molecule has 2 rings (SSSR count). The molecule has 0 spiro atoms. The summed E-state index contributed by atoms with van der Waals surface area (Å²) in [6, 6.07) is 1.29. The van der Waals surface area contributed by atoms with Gasteiger partial charge in [0.15, 0.2) is 5.43 Å². The normalized spacial score (nSPS) is 14.9. The first-order valence-corrected chi connectivity index (χ1v) is 6.50. The summed E-state index contributed by atoms with van der Waals surface area (Å²) in [5, 5.41) is 3.16. The van der Waals surface area contributed by atoms with Crippen LogP contribution in [-0.4, -0.2) is 66.4 Å². The van der Waals surface area contributed by atoms with Crippen LogP contribution in [0.2, 0.25) is 0 Å². The predicted octanol–water partition coefficient (Wildman–Crippen LogP) is -1.12. The summed E-state index contributed by atoms with van der Waals surface area (Å²) in [6.07, 6.45) is 2.82. The fourth-order valence-corrected chi connectivity index (χ4v) is 2.08. The second-order valence-electron chi connectivity index (χ2n) is 4.71. The molecule has 7 heteroatoms. The van der Waals surface area contributed by atoms with Gasteiger partial charge in [-0.05, 0) is 0 Å². The molecule has 108 valence electrons. The van der Waals surface area contributed by atoms with E-state index in [0.717, 1.165) is 13.1 Å². The maximum absolute atomic E-state index is 12.1. The summed E-state index contributed by atoms with van der Waals surface area (Å²) in [6.45, 7) is 2.80. The lowest BCUT2D eigenvalue weighted by Gasteiger charge is -2.29. The molecule has 0 aliphatic carbocycles. The minimum absolute atomic E-state index is 0.0207. The van der Waals surface area contributed by atoms with E-state index in [0.29, 0.717) is 13.1 Å². The first-order chi connectivity index (χ1) is 9.59. The molecule has 1 fully saturated rings. The summed E-state index contributed by atoms with van der Waals surface area (Å²) in [7, 11) is 1.52. The fraction of sp³-hybridized carbons (Fsp3) is 0.462. The van der Waals surface area contributed by atoms with Crippen molar-refractivity contribution >= 4 is 11.8 Å². The van der Waals surface area contributed by atoms with Gasteiger partial charge in [-0.3, -0.25) is 14.4 Å². The Morgan fingerprint density at radius 3 is 2.70 bits per heavy atom. The number of piperazine rings is 1. The first kappa shape index (κ1) is 14.3. The van der Waals surface area contributed by atoms with E-state index in [1.54, 1.807) is 4.90 Å². The van der Waals surface area contributed by atoms with Crippen molar-refractivity contribution in [3.05, 3.63) is 34.2 Å². The minimum Gasteiger partial charge on any atom is -0.367 e. The summed E-state index contributed by atoms with van der Waals surface area (Å²) in [4.78, 5) is 41.4. The van der Waals surface area contributed by atoms with Gasteiger partial charge in [-0.25, -0.2) is 0 Å².